The highest BCUT2D eigenvalue weighted by Gasteiger charge is 2.21. The van der Waals surface area contributed by atoms with Crippen molar-refractivity contribution >= 4 is 44.2 Å². The number of likely N-dealkylation sites (N-methyl/N-ethyl adjacent to an activating group) is 1. The van der Waals surface area contributed by atoms with Gasteiger partial charge in [0.15, 0.2) is 11.7 Å². The van der Waals surface area contributed by atoms with Gasteiger partial charge in [-0.15, -0.1) is 0 Å². The largest absolute Gasteiger partial charge is 0.497 e. The zero-order chi connectivity index (χ0) is 20.1. The number of aromatic nitrogens is 1. The molecule has 0 atom stereocenters. The number of nitrogens with one attached hydrogen (secondary N) is 1. The number of halogens is 1. The number of anilines is 1. The van der Waals surface area contributed by atoms with Crippen LogP contribution in [0.1, 0.15) is 0 Å². The predicted molar refractivity (Wildman–Crippen MR) is 113 cm³/mol. The van der Waals surface area contributed by atoms with Crippen LogP contribution in [0.3, 0.4) is 0 Å². The summed E-state index contributed by atoms with van der Waals surface area (Å²) in [7, 11) is 5.74. The minimum absolute atomic E-state index is 0.0658. The molecule has 3 aromatic rings. The van der Waals surface area contributed by atoms with Crippen molar-refractivity contribution in [2.45, 2.75) is 0 Å². The topological polar surface area (TPSA) is 56.1 Å². The monoisotopic (exact) mass is 420 g/mol. The molecular formula is C20H23ClN3O3S+. The summed E-state index contributed by atoms with van der Waals surface area (Å²) in [5.41, 5.74) is 0.842. The highest BCUT2D eigenvalue weighted by atomic mass is 35.5. The van der Waals surface area contributed by atoms with Crippen LogP contribution in [0.15, 0.2) is 42.5 Å². The zero-order valence-electron chi connectivity index (χ0n) is 16.1. The Labute approximate surface area is 173 Å². The van der Waals surface area contributed by atoms with E-state index in [4.69, 9.17) is 21.1 Å². The second-order valence-corrected chi connectivity index (χ2v) is 8.02. The fraction of sp³-hybridized carbons (Fsp3) is 0.300. The molecule has 0 aliphatic rings. The van der Waals surface area contributed by atoms with Gasteiger partial charge in [0.2, 0.25) is 0 Å². The third-order valence-electron chi connectivity index (χ3n) is 4.13. The lowest BCUT2D eigenvalue weighted by molar-refractivity contribution is -0.856. The molecule has 0 saturated carbocycles. The standard InChI is InChI=1S/C20H22ClN3O3S/c1-23(2)10-11-24(19(25)13-27-15-6-4-14(21)5-7-15)20-22-17-9-8-16(26-3)12-18(17)28-20/h4-9,12H,10-11,13H2,1-3H3/p+1. The van der Waals surface area contributed by atoms with Gasteiger partial charge in [0, 0.05) is 5.02 Å². The summed E-state index contributed by atoms with van der Waals surface area (Å²) in [5, 5.41) is 1.29. The van der Waals surface area contributed by atoms with Crippen molar-refractivity contribution in [2.75, 3.05) is 45.8 Å². The number of rotatable bonds is 8. The number of carbonyl (C=O) groups is 1. The van der Waals surface area contributed by atoms with Crippen molar-refractivity contribution in [2.24, 2.45) is 0 Å². The number of hydrogen-bond acceptors (Lipinski definition) is 5. The van der Waals surface area contributed by atoms with Crippen LogP contribution < -0.4 is 19.3 Å². The Morgan fingerprint density at radius 3 is 2.57 bits per heavy atom. The highest BCUT2D eigenvalue weighted by Crippen LogP contribution is 2.31. The van der Waals surface area contributed by atoms with Gasteiger partial charge in [0.25, 0.3) is 5.91 Å². The van der Waals surface area contributed by atoms with E-state index in [9.17, 15) is 4.79 Å². The number of quaternary nitrogens is 1. The normalized spacial score (nSPS) is 11.0. The van der Waals surface area contributed by atoms with Gasteiger partial charge < -0.3 is 14.4 Å². The van der Waals surface area contributed by atoms with Gasteiger partial charge in [-0.25, -0.2) is 4.98 Å². The number of thiazole rings is 1. The van der Waals surface area contributed by atoms with E-state index >= 15 is 0 Å². The first-order valence-electron chi connectivity index (χ1n) is 8.88. The molecule has 8 heteroatoms. The molecule has 2 aromatic carbocycles. The van der Waals surface area contributed by atoms with E-state index < -0.39 is 0 Å². The molecule has 1 aromatic heterocycles. The van der Waals surface area contributed by atoms with E-state index in [1.165, 1.54) is 16.2 Å². The van der Waals surface area contributed by atoms with E-state index in [0.717, 1.165) is 22.5 Å². The first-order valence-corrected chi connectivity index (χ1v) is 10.1. The minimum atomic E-state index is -0.137. The summed E-state index contributed by atoms with van der Waals surface area (Å²) in [6.45, 7) is 1.29. The molecule has 148 valence electrons. The molecule has 1 heterocycles. The average Bonchev–Trinajstić information content (AvgIpc) is 3.10. The Hall–Kier alpha value is -2.35. The lowest BCUT2D eigenvalue weighted by atomic mass is 10.3. The Balaban J connectivity index is 1.79. The van der Waals surface area contributed by atoms with Gasteiger partial charge in [0.1, 0.15) is 11.5 Å². The van der Waals surface area contributed by atoms with Crippen LogP contribution in [-0.4, -0.2) is 51.8 Å². The van der Waals surface area contributed by atoms with E-state index in [-0.39, 0.29) is 12.5 Å². The summed E-state index contributed by atoms with van der Waals surface area (Å²) < 4.78 is 11.9. The quantitative estimate of drug-likeness (QED) is 0.608. The number of fused-ring (bicyclic) bond motifs is 1. The van der Waals surface area contributed by atoms with Crippen LogP contribution in [0.5, 0.6) is 11.5 Å². The summed E-state index contributed by atoms with van der Waals surface area (Å²) in [6.07, 6.45) is 0. The van der Waals surface area contributed by atoms with Crippen LogP contribution in [0.25, 0.3) is 10.2 Å². The van der Waals surface area contributed by atoms with Crippen molar-refractivity contribution in [3.05, 3.63) is 47.5 Å². The number of benzene rings is 2. The van der Waals surface area contributed by atoms with Crippen LogP contribution in [0.4, 0.5) is 5.13 Å². The zero-order valence-corrected chi connectivity index (χ0v) is 17.6. The van der Waals surface area contributed by atoms with Crippen molar-refractivity contribution in [3.63, 3.8) is 0 Å². The maximum Gasteiger partial charge on any atom is 0.266 e. The fourth-order valence-corrected chi connectivity index (χ4v) is 3.71. The number of carbonyl (C=O) groups excluding carboxylic acids is 1. The number of methoxy groups -OCH3 is 1. The first kappa shape index (κ1) is 20.4. The van der Waals surface area contributed by atoms with Crippen molar-refractivity contribution in [3.8, 4) is 11.5 Å². The molecule has 6 nitrogen and oxygen atoms in total. The van der Waals surface area contributed by atoms with E-state index in [0.29, 0.717) is 22.4 Å². The number of ether oxygens (including phenoxy) is 2. The van der Waals surface area contributed by atoms with Crippen molar-refractivity contribution < 1.29 is 19.2 Å². The summed E-state index contributed by atoms with van der Waals surface area (Å²) in [5.74, 6) is 1.23. The number of hydrogen-bond donors (Lipinski definition) is 1. The molecule has 0 radical (unpaired) electrons. The lowest BCUT2D eigenvalue weighted by Gasteiger charge is -2.20. The van der Waals surface area contributed by atoms with Crippen molar-refractivity contribution in [1.29, 1.82) is 0 Å². The molecule has 0 bridgehead atoms. The second kappa shape index (κ2) is 9.23. The SMILES string of the molecule is COc1ccc2nc(N(CC[NH+](C)C)C(=O)COc3ccc(Cl)cc3)sc2c1. The summed E-state index contributed by atoms with van der Waals surface area (Å²) >= 11 is 7.36. The van der Waals surface area contributed by atoms with E-state index in [1.54, 1.807) is 36.3 Å². The van der Waals surface area contributed by atoms with Gasteiger partial charge in [-0.3, -0.25) is 9.69 Å². The Morgan fingerprint density at radius 1 is 1.18 bits per heavy atom. The Morgan fingerprint density at radius 2 is 1.89 bits per heavy atom. The second-order valence-electron chi connectivity index (χ2n) is 6.58. The molecule has 0 saturated heterocycles. The molecule has 1 N–H and O–H groups in total. The highest BCUT2D eigenvalue weighted by molar-refractivity contribution is 7.22. The molecular weight excluding hydrogens is 398 g/mol. The maximum atomic E-state index is 12.9. The smallest absolute Gasteiger partial charge is 0.266 e. The van der Waals surface area contributed by atoms with Crippen LogP contribution in [0.2, 0.25) is 5.02 Å². The molecule has 0 aliphatic carbocycles. The lowest BCUT2D eigenvalue weighted by Crippen LogP contribution is -3.06. The molecule has 0 fully saturated rings. The number of amides is 1. The van der Waals surface area contributed by atoms with Gasteiger partial charge in [0.05, 0.1) is 44.5 Å². The summed E-state index contributed by atoms with van der Waals surface area (Å²) in [6, 6.07) is 12.6. The molecule has 1 amide bonds. The van der Waals surface area contributed by atoms with E-state index in [1.807, 2.05) is 18.2 Å². The van der Waals surface area contributed by atoms with Crippen LogP contribution in [-0.2, 0) is 4.79 Å². The minimum Gasteiger partial charge on any atom is -0.497 e. The Bertz CT molecular complexity index is 944. The third-order valence-corrected chi connectivity index (χ3v) is 5.42. The molecule has 0 unspecified atom stereocenters. The maximum absolute atomic E-state index is 12.9. The van der Waals surface area contributed by atoms with Crippen molar-refractivity contribution in [1.82, 2.24) is 4.98 Å². The number of nitrogens with zero attached hydrogens (tertiary/aromatic N) is 2. The molecule has 0 spiro atoms. The third kappa shape index (κ3) is 5.13. The summed E-state index contributed by atoms with van der Waals surface area (Å²) in [4.78, 5) is 20.5. The van der Waals surface area contributed by atoms with Gasteiger partial charge in [-0.2, -0.15) is 0 Å². The fourth-order valence-electron chi connectivity index (χ4n) is 2.55. The van der Waals surface area contributed by atoms with Gasteiger partial charge in [-0.05, 0) is 42.5 Å². The van der Waals surface area contributed by atoms with Crippen LogP contribution >= 0.6 is 22.9 Å². The van der Waals surface area contributed by atoms with Crippen LogP contribution in [0, 0.1) is 0 Å². The molecule has 3 rings (SSSR count). The molecule has 28 heavy (non-hydrogen) atoms. The van der Waals surface area contributed by atoms with Gasteiger partial charge in [-0.1, -0.05) is 22.9 Å². The molecule has 0 aliphatic heterocycles. The first-order chi connectivity index (χ1) is 13.5. The van der Waals surface area contributed by atoms with E-state index in [2.05, 4.69) is 19.1 Å². The average molecular weight is 421 g/mol. The Kier molecular flexibility index (Phi) is 6.72. The van der Waals surface area contributed by atoms with Gasteiger partial charge >= 0.3 is 0 Å². The predicted octanol–water partition coefficient (Wildman–Crippen LogP) is 2.51.